The molecule has 4 aromatic rings. The van der Waals surface area contributed by atoms with Crippen molar-refractivity contribution >= 4 is 39.3 Å². The third-order valence-electron chi connectivity index (χ3n) is 4.66. The number of amides is 1. The van der Waals surface area contributed by atoms with E-state index >= 15 is 0 Å². The van der Waals surface area contributed by atoms with Gasteiger partial charge >= 0.3 is 6.01 Å². The molecule has 0 radical (unpaired) electrons. The van der Waals surface area contributed by atoms with Crippen LogP contribution in [-0.4, -0.2) is 39.5 Å². The van der Waals surface area contributed by atoms with Crippen molar-refractivity contribution in [1.29, 1.82) is 0 Å². The fraction of sp³-hybridized carbons (Fsp3) is 0.150. The van der Waals surface area contributed by atoms with Gasteiger partial charge in [-0.15, -0.1) is 16.4 Å². The molecule has 9 heteroatoms. The molecule has 8 nitrogen and oxygen atoms in total. The van der Waals surface area contributed by atoms with Gasteiger partial charge in [0.05, 0.1) is 10.2 Å². The van der Waals surface area contributed by atoms with Crippen LogP contribution < -0.4 is 10.6 Å². The average molecular weight is 405 g/mol. The van der Waals surface area contributed by atoms with Gasteiger partial charge in [0.1, 0.15) is 6.04 Å². The van der Waals surface area contributed by atoms with E-state index in [1.165, 1.54) is 11.3 Å². The van der Waals surface area contributed by atoms with Crippen LogP contribution in [0.15, 0.2) is 52.9 Å². The molecule has 2 aromatic heterocycles. The lowest BCUT2D eigenvalue weighted by Gasteiger charge is -2.05. The highest BCUT2D eigenvalue weighted by atomic mass is 32.1. The largest absolute Gasteiger partial charge is 0.400 e. The van der Waals surface area contributed by atoms with Crippen LogP contribution in [-0.2, 0) is 4.79 Å². The zero-order chi connectivity index (χ0) is 19.8. The normalized spacial score (nSPS) is 16.1. The molecule has 3 heterocycles. The van der Waals surface area contributed by atoms with Crippen LogP contribution in [0.4, 0.5) is 6.01 Å². The minimum absolute atomic E-state index is 0.0443. The zero-order valence-corrected chi connectivity index (χ0v) is 15.9. The van der Waals surface area contributed by atoms with Crippen molar-refractivity contribution in [3.05, 3.63) is 59.4 Å². The van der Waals surface area contributed by atoms with Gasteiger partial charge in [0.2, 0.25) is 5.91 Å². The van der Waals surface area contributed by atoms with Crippen molar-refractivity contribution in [2.75, 3.05) is 11.9 Å². The number of anilines is 1. The number of hydrogen-bond acceptors (Lipinski definition) is 8. The minimum atomic E-state index is -0.441. The molecular weight excluding hydrogens is 390 g/mol. The van der Waals surface area contributed by atoms with E-state index < -0.39 is 11.8 Å². The Morgan fingerprint density at radius 1 is 1.14 bits per heavy atom. The van der Waals surface area contributed by atoms with Gasteiger partial charge in [0.25, 0.3) is 11.7 Å². The van der Waals surface area contributed by atoms with Gasteiger partial charge in [-0.2, -0.15) is 0 Å². The maximum atomic E-state index is 12.7. The zero-order valence-electron chi connectivity index (χ0n) is 15.1. The molecule has 1 atom stereocenters. The number of aromatic nitrogens is 3. The number of nitrogens with one attached hydrogen (secondary N) is 2. The average Bonchev–Trinajstić information content (AvgIpc) is 3.48. The van der Waals surface area contributed by atoms with Gasteiger partial charge in [-0.1, -0.05) is 41.5 Å². The van der Waals surface area contributed by atoms with E-state index in [-0.39, 0.29) is 22.8 Å². The second-order valence-electron chi connectivity index (χ2n) is 6.59. The lowest BCUT2D eigenvalue weighted by Crippen LogP contribution is -2.29. The van der Waals surface area contributed by atoms with Crippen LogP contribution in [0.3, 0.4) is 0 Å². The van der Waals surface area contributed by atoms with E-state index in [4.69, 9.17) is 4.42 Å². The van der Waals surface area contributed by atoms with Gasteiger partial charge in [-0.05, 0) is 29.7 Å². The number of carbonyl (C=O) groups excluding carboxylic acids is 2. The topological polar surface area (TPSA) is 110 Å². The highest BCUT2D eigenvalue weighted by Gasteiger charge is 2.27. The van der Waals surface area contributed by atoms with E-state index in [9.17, 15) is 9.59 Å². The molecular formula is C20H15N5O3S. The predicted molar refractivity (Wildman–Crippen MR) is 108 cm³/mol. The molecule has 0 aliphatic carbocycles. The number of hydrogen-bond donors (Lipinski definition) is 2. The van der Waals surface area contributed by atoms with Crippen LogP contribution in [0.5, 0.6) is 0 Å². The molecule has 2 aromatic carbocycles. The molecule has 144 valence electrons. The molecule has 5 rings (SSSR count). The van der Waals surface area contributed by atoms with Gasteiger partial charge in [-0.3, -0.25) is 9.59 Å². The molecule has 0 spiro atoms. The van der Waals surface area contributed by atoms with Crippen LogP contribution in [0.1, 0.15) is 22.1 Å². The van der Waals surface area contributed by atoms with Crippen LogP contribution in [0.25, 0.3) is 21.3 Å². The first-order valence-electron chi connectivity index (χ1n) is 9.06. The van der Waals surface area contributed by atoms with Gasteiger partial charge in [0.15, 0.2) is 5.01 Å². The van der Waals surface area contributed by atoms with Crippen molar-refractivity contribution in [2.24, 2.45) is 0 Å². The summed E-state index contributed by atoms with van der Waals surface area (Å²) in [5, 5.41) is 13.5. The molecule has 2 N–H and O–H groups in total. The third kappa shape index (κ3) is 3.36. The van der Waals surface area contributed by atoms with Crippen LogP contribution in [0.2, 0.25) is 0 Å². The fourth-order valence-electron chi connectivity index (χ4n) is 3.18. The molecule has 1 fully saturated rings. The summed E-state index contributed by atoms with van der Waals surface area (Å²) in [5.74, 6) is -0.728. The highest BCUT2D eigenvalue weighted by Crippen LogP contribution is 2.29. The van der Waals surface area contributed by atoms with Crippen molar-refractivity contribution < 1.29 is 14.0 Å². The van der Waals surface area contributed by atoms with Crippen molar-refractivity contribution in [2.45, 2.75) is 12.5 Å². The van der Waals surface area contributed by atoms with E-state index in [0.29, 0.717) is 13.0 Å². The quantitative estimate of drug-likeness (QED) is 0.491. The van der Waals surface area contributed by atoms with E-state index in [1.807, 2.05) is 48.5 Å². The Morgan fingerprint density at radius 3 is 2.79 bits per heavy atom. The molecule has 1 aliphatic heterocycles. The summed E-state index contributed by atoms with van der Waals surface area (Å²) in [7, 11) is 0. The number of benzene rings is 2. The van der Waals surface area contributed by atoms with Gasteiger partial charge in [0, 0.05) is 6.54 Å². The summed E-state index contributed by atoms with van der Waals surface area (Å²) >= 11 is 1.28. The standard InChI is InChI=1S/C20H15N5O3S/c26-16(18-24-25-20(28-18)23-14-8-9-21-17(14)27)19-22-13-7-6-12(10-15(13)29-19)11-4-2-1-3-5-11/h1-7,10,14H,8-9H2,(H,21,27)(H,23,25)/t14-/m1/s1. The van der Waals surface area contributed by atoms with Gasteiger partial charge < -0.3 is 15.1 Å². The molecule has 1 aliphatic rings. The van der Waals surface area contributed by atoms with Gasteiger partial charge in [-0.25, -0.2) is 4.98 Å². The Labute approximate surface area is 169 Å². The van der Waals surface area contributed by atoms with E-state index in [2.05, 4.69) is 25.8 Å². The highest BCUT2D eigenvalue weighted by molar-refractivity contribution is 7.20. The number of nitrogens with zero attached hydrogens (tertiary/aromatic N) is 3. The Balaban J connectivity index is 1.39. The number of fused-ring (bicyclic) bond motifs is 1. The first-order valence-corrected chi connectivity index (χ1v) is 9.87. The summed E-state index contributed by atoms with van der Waals surface area (Å²) in [6.07, 6.45) is 0.617. The number of carbonyl (C=O) groups is 2. The van der Waals surface area contributed by atoms with Crippen LogP contribution >= 0.6 is 11.3 Å². The molecule has 0 bridgehead atoms. The number of rotatable bonds is 5. The third-order valence-corrected chi connectivity index (χ3v) is 5.67. The Kier molecular flexibility index (Phi) is 4.28. The van der Waals surface area contributed by atoms with Crippen molar-refractivity contribution in [3.63, 3.8) is 0 Å². The molecule has 0 saturated carbocycles. The lowest BCUT2D eigenvalue weighted by atomic mass is 10.1. The second-order valence-corrected chi connectivity index (χ2v) is 7.62. The molecule has 1 saturated heterocycles. The number of ketones is 1. The van der Waals surface area contributed by atoms with E-state index in [0.717, 1.165) is 21.3 Å². The Morgan fingerprint density at radius 2 is 2.00 bits per heavy atom. The van der Waals surface area contributed by atoms with E-state index in [1.54, 1.807) is 0 Å². The fourth-order valence-corrected chi connectivity index (χ4v) is 4.11. The molecule has 1 amide bonds. The smallest absolute Gasteiger partial charge is 0.316 e. The predicted octanol–water partition coefficient (Wildman–Crippen LogP) is 2.88. The summed E-state index contributed by atoms with van der Waals surface area (Å²) in [5.41, 5.74) is 2.89. The second kappa shape index (κ2) is 7.10. The molecule has 29 heavy (non-hydrogen) atoms. The van der Waals surface area contributed by atoms with Crippen molar-refractivity contribution in [3.8, 4) is 11.1 Å². The minimum Gasteiger partial charge on any atom is -0.400 e. The Hall–Kier alpha value is -3.59. The first kappa shape index (κ1) is 17.5. The first-order chi connectivity index (χ1) is 14.2. The monoisotopic (exact) mass is 405 g/mol. The van der Waals surface area contributed by atoms with Crippen molar-refractivity contribution in [1.82, 2.24) is 20.5 Å². The maximum absolute atomic E-state index is 12.7. The summed E-state index contributed by atoms with van der Waals surface area (Å²) in [6.45, 7) is 0.590. The Bertz CT molecular complexity index is 1220. The molecule has 0 unspecified atom stereocenters. The maximum Gasteiger partial charge on any atom is 0.316 e. The SMILES string of the molecule is O=C(c1nnc(N[C@@H]2CCNC2=O)o1)c1nc2ccc(-c3ccccc3)cc2s1. The number of thiazole rings is 1. The summed E-state index contributed by atoms with van der Waals surface area (Å²) in [4.78, 5) is 28.8. The summed E-state index contributed by atoms with van der Waals surface area (Å²) in [6, 6.07) is 15.5. The van der Waals surface area contributed by atoms with Crippen LogP contribution in [0, 0.1) is 0 Å². The summed E-state index contributed by atoms with van der Waals surface area (Å²) < 4.78 is 6.30. The lowest BCUT2D eigenvalue weighted by molar-refractivity contribution is -0.119.